The fraction of sp³-hybridized carbons (Fsp3) is 0.435. The number of nitrogens with zero attached hydrogens (tertiary/aromatic N) is 1. The number of carbonyl (C=O) groups is 1. The summed E-state index contributed by atoms with van der Waals surface area (Å²) < 4.78 is 6.43. The van der Waals surface area contributed by atoms with E-state index in [1.807, 2.05) is 24.3 Å². The molecule has 138 valence electrons. The monoisotopic (exact) mass is 351 g/mol. The molecule has 3 nitrogen and oxygen atoms in total. The summed E-state index contributed by atoms with van der Waals surface area (Å²) in [6.45, 7) is 10.4. The van der Waals surface area contributed by atoms with Gasteiger partial charge in [-0.2, -0.15) is 0 Å². The highest BCUT2D eigenvalue weighted by atomic mass is 16.5. The van der Waals surface area contributed by atoms with E-state index in [1.54, 1.807) is 6.92 Å². The molecule has 3 rings (SSSR count). The lowest BCUT2D eigenvalue weighted by atomic mass is 9.91. The van der Waals surface area contributed by atoms with Crippen LogP contribution >= 0.6 is 0 Å². The lowest BCUT2D eigenvalue weighted by molar-refractivity contribution is -0.0175. The van der Waals surface area contributed by atoms with Gasteiger partial charge in [-0.25, -0.2) is 0 Å². The van der Waals surface area contributed by atoms with E-state index in [0.29, 0.717) is 17.4 Å². The third kappa shape index (κ3) is 4.53. The molecule has 2 aromatic rings. The van der Waals surface area contributed by atoms with Crippen LogP contribution in [-0.4, -0.2) is 23.8 Å². The molecule has 1 aliphatic heterocycles. The van der Waals surface area contributed by atoms with Gasteiger partial charge in [-0.3, -0.25) is 9.69 Å². The first kappa shape index (κ1) is 18.7. The van der Waals surface area contributed by atoms with E-state index in [9.17, 15) is 4.79 Å². The van der Waals surface area contributed by atoms with E-state index >= 15 is 0 Å². The molecule has 3 heteroatoms. The number of ketones is 1. The molecule has 0 saturated carbocycles. The molecule has 1 unspecified atom stereocenters. The van der Waals surface area contributed by atoms with Crippen LogP contribution in [0.3, 0.4) is 0 Å². The molecule has 0 bridgehead atoms. The van der Waals surface area contributed by atoms with Crippen LogP contribution in [0.15, 0.2) is 48.5 Å². The Morgan fingerprint density at radius 2 is 1.58 bits per heavy atom. The van der Waals surface area contributed by atoms with Crippen molar-refractivity contribution >= 4 is 5.78 Å². The van der Waals surface area contributed by atoms with Gasteiger partial charge in [0.25, 0.3) is 0 Å². The molecule has 0 aliphatic carbocycles. The molecule has 1 heterocycles. The first-order valence-electron chi connectivity index (χ1n) is 9.50. The van der Waals surface area contributed by atoms with Crippen LogP contribution in [0.2, 0.25) is 0 Å². The second-order valence-corrected chi connectivity index (χ2v) is 7.86. The molecule has 0 radical (unpaired) electrons. The van der Waals surface area contributed by atoms with Gasteiger partial charge in [0.05, 0.1) is 0 Å². The molecule has 26 heavy (non-hydrogen) atoms. The Morgan fingerprint density at radius 3 is 2.12 bits per heavy atom. The number of aryl methyl sites for hydroxylation is 1. The number of carbonyl (C=O) groups excluding carboxylic acids is 1. The molecule has 1 fully saturated rings. The molecule has 0 amide bonds. The molecule has 0 aromatic heterocycles. The summed E-state index contributed by atoms with van der Waals surface area (Å²) in [6.07, 6.45) is 1.16. The molecule has 0 spiro atoms. The van der Waals surface area contributed by atoms with Gasteiger partial charge >= 0.3 is 0 Å². The minimum absolute atomic E-state index is 0.0744. The SMILES string of the molecule is CC(=O)c1ccc(OC(c2ccc(C)cc2)N2C[C@@H](C)C[C@H](C)C2)cc1. The third-order valence-electron chi connectivity index (χ3n) is 5.10. The Hall–Kier alpha value is -2.13. The predicted molar refractivity (Wildman–Crippen MR) is 106 cm³/mol. The number of hydrogen-bond acceptors (Lipinski definition) is 3. The standard InChI is InChI=1S/C23H29NO2/c1-16-5-7-21(8-6-16)23(24-14-17(2)13-18(3)15-24)26-22-11-9-20(10-12-22)19(4)25/h5-12,17-18,23H,13-15H2,1-4H3/t17-,18-,23?/m0/s1. The van der Waals surface area contributed by atoms with Gasteiger partial charge in [0, 0.05) is 24.2 Å². The fourth-order valence-electron chi connectivity index (χ4n) is 3.88. The van der Waals surface area contributed by atoms with E-state index < -0.39 is 0 Å². The van der Waals surface area contributed by atoms with Gasteiger partial charge in [-0.05, 0) is 56.4 Å². The van der Waals surface area contributed by atoms with Crippen LogP contribution in [0.5, 0.6) is 5.75 Å². The van der Waals surface area contributed by atoms with E-state index in [2.05, 4.69) is 49.9 Å². The van der Waals surface area contributed by atoms with Crippen molar-refractivity contribution in [3.63, 3.8) is 0 Å². The Balaban J connectivity index is 1.87. The Kier molecular flexibility index (Phi) is 5.77. The summed E-state index contributed by atoms with van der Waals surface area (Å²) in [5.74, 6) is 2.20. The van der Waals surface area contributed by atoms with Crippen molar-refractivity contribution in [2.45, 2.75) is 40.3 Å². The zero-order chi connectivity index (χ0) is 18.7. The number of hydrogen-bond donors (Lipinski definition) is 0. The van der Waals surface area contributed by atoms with Gasteiger partial charge in [-0.1, -0.05) is 43.7 Å². The number of rotatable bonds is 5. The maximum absolute atomic E-state index is 11.5. The second kappa shape index (κ2) is 8.05. The summed E-state index contributed by atoms with van der Waals surface area (Å²) in [5, 5.41) is 0. The third-order valence-corrected chi connectivity index (χ3v) is 5.10. The largest absolute Gasteiger partial charge is 0.471 e. The van der Waals surface area contributed by atoms with Crippen LogP contribution in [0.25, 0.3) is 0 Å². The highest BCUT2D eigenvalue weighted by Crippen LogP contribution is 2.31. The maximum Gasteiger partial charge on any atom is 0.179 e. The smallest absolute Gasteiger partial charge is 0.179 e. The quantitative estimate of drug-likeness (QED) is 0.689. The second-order valence-electron chi connectivity index (χ2n) is 7.86. The van der Waals surface area contributed by atoms with E-state index in [0.717, 1.165) is 18.8 Å². The van der Waals surface area contributed by atoms with Crippen LogP contribution in [0.1, 0.15) is 54.9 Å². The Bertz CT molecular complexity index is 726. The minimum Gasteiger partial charge on any atom is -0.471 e. The van der Waals surface area contributed by atoms with Gasteiger partial charge in [0.2, 0.25) is 0 Å². The topological polar surface area (TPSA) is 29.5 Å². The molecule has 1 aliphatic rings. The van der Waals surface area contributed by atoms with Gasteiger partial charge in [-0.15, -0.1) is 0 Å². The molecular formula is C23H29NO2. The summed E-state index contributed by atoms with van der Waals surface area (Å²) in [5.41, 5.74) is 3.13. The van der Waals surface area contributed by atoms with Gasteiger partial charge in [0.15, 0.2) is 12.0 Å². The molecule has 2 aromatic carbocycles. The number of ether oxygens (including phenoxy) is 1. The number of benzene rings is 2. The average molecular weight is 351 g/mol. The maximum atomic E-state index is 11.5. The van der Waals surface area contributed by atoms with Crippen molar-refractivity contribution < 1.29 is 9.53 Å². The zero-order valence-corrected chi connectivity index (χ0v) is 16.2. The predicted octanol–water partition coefficient (Wildman–Crippen LogP) is 5.25. The number of piperidine rings is 1. The number of Topliss-reactive ketones (excluding diaryl/α,β-unsaturated/α-hetero) is 1. The van der Waals surface area contributed by atoms with Crippen LogP contribution in [0, 0.1) is 18.8 Å². The minimum atomic E-state index is -0.107. The lowest BCUT2D eigenvalue weighted by Crippen LogP contribution is -2.43. The van der Waals surface area contributed by atoms with E-state index in [4.69, 9.17) is 4.74 Å². The fourth-order valence-corrected chi connectivity index (χ4v) is 3.88. The highest BCUT2D eigenvalue weighted by Gasteiger charge is 2.29. The van der Waals surface area contributed by atoms with Crippen molar-refractivity contribution in [1.29, 1.82) is 0 Å². The summed E-state index contributed by atoms with van der Waals surface area (Å²) >= 11 is 0. The van der Waals surface area contributed by atoms with Crippen LogP contribution < -0.4 is 4.74 Å². The highest BCUT2D eigenvalue weighted by molar-refractivity contribution is 5.94. The zero-order valence-electron chi connectivity index (χ0n) is 16.2. The summed E-state index contributed by atoms with van der Waals surface area (Å²) in [7, 11) is 0. The first-order chi connectivity index (χ1) is 12.4. The van der Waals surface area contributed by atoms with Crippen molar-refractivity contribution in [3.05, 3.63) is 65.2 Å². The van der Waals surface area contributed by atoms with E-state index in [-0.39, 0.29) is 12.0 Å². The molecule has 3 atom stereocenters. The summed E-state index contributed by atoms with van der Waals surface area (Å²) in [4.78, 5) is 13.9. The van der Waals surface area contributed by atoms with Crippen molar-refractivity contribution in [2.24, 2.45) is 11.8 Å². The molecule has 0 N–H and O–H groups in total. The van der Waals surface area contributed by atoms with Crippen molar-refractivity contribution in [2.75, 3.05) is 13.1 Å². The van der Waals surface area contributed by atoms with Gasteiger partial charge < -0.3 is 4.74 Å². The van der Waals surface area contributed by atoms with E-state index in [1.165, 1.54) is 17.5 Å². The summed E-state index contributed by atoms with van der Waals surface area (Å²) in [6, 6.07) is 16.1. The normalized spacial score (nSPS) is 22.0. The van der Waals surface area contributed by atoms with Crippen molar-refractivity contribution in [1.82, 2.24) is 4.90 Å². The molecular weight excluding hydrogens is 322 g/mol. The first-order valence-corrected chi connectivity index (χ1v) is 9.50. The van der Waals surface area contributed by atoms with Crippen molar-refractivity contribution in [3.8, 4) is 5.75 Å². The molecule has 1 saturated heterocycles. The Labute approximate surface area is 157 Å². The lowest BCUT2D eigenvalue weighted by Gasteiger charge is -2.40. The number of likely N-dealkylation sites (tertiary alicyclic amines) is 1. The van der Waals surface area contributed by atoms with Crippen LogP contribution in [0.4, 0.5) is 0 Å². The van der Waals surface area contributed by atoms with Crippen LogP contribution in [-0.2, 0) is 0 Å². The Morgan fingerprint density at radius 1 is 1.00 bits per heavy atom. The van der Waals surface area contributed by atoms with Gasteiger partial charge in [0.1, 0.15) is 5.75 Å². The average Bonchev–Trinajstić information content (AvgIpc) is 2.60.